The third-order valence-electron chi connectivity index (χ3n) is 5.10. The quantitative estimate of drug-likeness (QED) is 0.670. The summed E-state index contributed by atoms with van der Waals surface area (Å²) < 4.78 is 38.7. The van der Waals surface area contributed by atoms with Crippen molar-refractivity contribution in [3.8, 4) is 5.75 Å². The lowest BCUT2D eigenvalue weighted by molar-refractivity contribution is -0.149. The molecule has 0 unspecified atom stereocenters. The lowest BCUT2D eigenvalue weighted by Gasteiger charge is -2.23. The third-order valence-corrected chi connectivity index (χ3v) is 6.92. The first kappa shape index (κ1) is 24.5. The second-order valence-electron chi connectivity index (χ2n) is 8.86. The SMILES string of the molecule is COc1ccc(C2=CCN(S(=O)(=O)c3ccc(C)cc3)CC(N)=C2C(=O)OC(C)(C)C)cc1. The van der Waals surface area contributed by atoms with E-state index in [4.69, 9.17) is 15.2 Å². The number of methoxy groups -OCH3 is 1. The highest BCUT2D eigenvalue weighted by molar-refractivity contribution is 7.89. The van der Waals surface area contributed by atoms with Gasteiger partial charge in [-0.3, -0.25) is 0 Å². The Labute approximate surface area is 195 Å². The van der Waals surface area contributed by atoms with E-state index in [1.54, 1.807) is 82.5 Å². The van der Waals surface area contributed by atoms with E-state index >= 15 is 0 Å². The van der Waals surface area contributed by atoms with Crippen LogP contribution in [0.4, 0.5) is 0 Å². The van der Waals surface area contributed by atoms with Gasteiger partial charge in [0.05, 0.1) is 24.1 Å². The van der Waals surface area contributed by atoms with Gasteiger partial charge in [0.15, 0.2) is 0 Å². The van der Waals surface area contributed by atoms with Crippen LogP contribution in [-0.4, -0.2) is 44.5 Å². The average Bonchev–Trinajstić information content (AvgIpc) is 2.92. The van der Waals surface area contributed by atoms with Crippen LogP contribution in [0.1, 0.15) is 31.9 Å². The van der Waals surface area contributed by atoms with Gasteiger partial charge in [-0.05, 0) is 63.1 Å². The molecule has 0 atom stereocenters. The maximum Gasteiger partial charge on any atom is 0.341 e. The molecule has 0 aromatic heterocycles. The number of sulfonamides is 1. The smallest absolute Gasteiger partial charge is 0.341 e. The molecule has 1 heterocycles. The molecular formula is C25H30N2O5S. The topological polar surface area (TPSA) is 98.9 Å². The van der Waals surface area contributed by atoms with Crippen molar-refractivity contribution in [2.45, 2.75) is 38.2 Å². The standard InChI is InChI=1S/C25H30N2O5S/c1-17-6-12-20(13-7-17)33(29,30)27-15-14-21(18-8-10-19(31-5)11-9-18)23(22(26)16-27)24(28)32-25(2,3)4/h6-14H,15-16,26H2,1-5H3. The fraction of sp³-hybridized carbons (Fsp3) is 0.320. The molecule has 176 valence electrons. The molecule has 7 nitrogen and oxygen atoms in total. The Morgan fingerprint density at radius 3 is 2.18 bits per heavy atom. The highest BCUT2D eigenvalue weighted by atomic mass is 32.2. The Hall–Kier alpha value is -3.10. The van der Waals surface area contributed by atoms with Crippen molar-refractivity contribution in [3.63, 3.8) is 0 Å². The van der Waals surface area contributed by atoms with Crippen molar-refractivity contribution in [1.29, 1.82) is 0 Å². The van der Waals surface area contributed by atoms with Crippen molar-refractivity contribution in [3.05, 3.63) is 77.0 Å². The van der Waals surface area contributed by atoms with E-state index in [-0.39, 0.29) is 29.3 Å². The summed E-state index contributed by atoms with van der Waals surface area (Å²) in [6.07, 6.45) is 1.70. The number of carbonyl (C=O) groups is 1. The maximum atomic E-state index is 13.3. The molecule has 2 aromatic carbocycles. The van der Waals surface area contributed by atoms with Crippen molar-refractivity contribution in [2.24, 2.45) is 5.73 Å². The molecule has 0 saturated heterocycles. The first-order valence-corrected chi connectivity index (χ1v) is 12.0. The van der Waals surface area contributed by atoms with Crippen LogP contribution in [-0.2, 0) is 19.6 Å². The van der Waals surface area contributed by atoms with E-state index in [0.29, 0.717) is 16.9 Å². The number of nitrogens with zero attached hydrogens (tertiary/aromatic N) is 1. The van der Waals surface area contributed by atoms with E-state index in [1.165, 1.54) is 4.31 Å². The minimum Gasteiger partial charge on any atom is -0.497 e. The molecule has 0 amide bonds. The normalized spacial score (nSPS) is 15.6. The Morgan fingerprint density at radius 1 is 1.03 bits per heavy atom. The van der Waals surface area contributed by atoms with Gasteiger partial charge in [-0.2, -0.15) is 4.31 Å². The van der Waals surface area contributed by atoms with Gasteiger partial charge in [-0.15, -0.1) is 0 Å². The van der Waals surface area contributed by atoms with Gasteiger partial charge in [0, 0.05) is 12.2 Å². The number of carbonyl (C=O) groups excluding carboxylic acids is 1. The van der Waals surface area contributed by atoms with E-state index in [2.05, 4.69) is 0 Å². The van der Waals surface area contributed by atoms with E-state index in [9.17, 15) is 13.2 Å². The highest BCUT2D eigenvalue weighted by Crippen LogP contribution is 2.32. The fourth-order valence-electron chi connectivity index (χ4n) is 3.45. The number of ether oxygens (including phenoxy) is 2. The zero-order valence-electron chi connectivity index (χ0n) is 19.6. The second-order valence-corrected chi connectivity index (χ2v) is 10.8. The lowest BCUT2D eigenvalue weighted by Crippen LogP contribution is -2.35. The molecule has 0 aliphatic carbocycles. The summed E-state index contributed by atoms with van der Waals surface area (Å²) in [7, 11) is -2.27. The first-order valence-electron chi connectivity index (χ1n) is 10.6. The molecule has 1 aliphatic rings. The van der Waals surface area contributed by atoms with Gasteiger partial charge in [0.25, 0.3) is 0 Å². The predicted molar refractivity (Wildman–Crippen MR) is 128 cm³/mol. The number of hydrogen-bond donors (Lipinski definition) is 1. The number of nitrogens with two attached hydrogens (primary N) is 1. The Kier molecular flexibility index (Phi) is 7.00. The summed E-state index contributed by atoms with van der Waals surface area (Å²) >= 11 is 0. The summed E-state index contributed by atoms with van der Waals surface area (Å²) in [5, 5.41) is 0. The molecule has 0 saturated carbocycles. The van der Waals surface area contributed by atoms with Crippen LogP contribution < -0.4 is 10.5 Å². The van der Waals surface area contributed by atoms with Crippen LogP contribution in [0.5, 0.6) is 5.75 Å². The van der Waals surface area contributed by atoms with Crippen LogP contribution in [0.15, 0.2) is 70.8 Å². The minimum absolute atomic E-state index is 0.0462. The predicted octanol–water partition coefficient (Wildman–Crippen LogP) is 3.65. The van der Waals surface area contributed by atoms with Crippen LogP contribution in [0.2, 0.25) is 0 Å². The van der Waals surface area contributed by atoms with E-state index in [1.807, 2.05) is 6.92 Å². The molecule has 33 heavy (non-hydrogen) atoms. The van der Waals surface area contributed by atoms with Gasteiger partial charge in [0.1, 0.15) is 11.4 Å². The fourth-order valence-corrected chi connectivity index (χ4v) is 4.81. The Morgan fingerprint density at radius 2 is 1.64 bits per heavy atom. The zero-order chi connectivity index (χ0) is 24.4. The number of aryl methyl sites for hydroxylation is 1. The molecule has 2 N–H and O–H groups in total. The van der Waals surface area contributed by atoms with Gasteiger partial charge in [0.2, 0.25) is 10.0 Å². The third kappa shape index (κ3) is 5.64. The molecule has 0 fully saturated rings. The molecule has 1 aliphatic heterocycles. The summed E-state index contributed by atoms with van der Waals surface area (Å²) in [6.45, 7) is 7.10. The van der Waals surface area contributed by atoms with Crippen molar-refractivity contribution >= 4 is 21.6 Å². The highest BCUT2D eigenvalue weighted by Gasteiger charge is 2.32. The van der Waals surface area contributed by atoms with Gasteiger partial charge >= 0.3 is 5.97 Å². The summed E-state index contributed by atoms with van der Waals surface area (Å²) in [4.78, 5) is 13.3. The molecule has 3 rings (SSSR count). The van der Waals surface area contributed by atoms with Crippen LogP contribution in [0.25, 0.3) is 5.57 Å². The van der Waals surface area contributed by atoms with Gasteiger partial charge < -0.3 is 15.2 Å². The lowest BCUT2D eigenvalue weighted by atomic mass is 9.96. The Balaban J connectivity index is 2.09. The van der Waals surface area contributed by atoms with Crippen LogP contribution in [0.3, 0.4) is 0 Å². The molecule has 0 spiro atoms. The molecule has 8 heteroatoms. The summed E-state index contributed by atoms with van der Waals surface area (Å²) in [6, 6.07) is 13.8. The monoisotopic (exact) mass is 470 g/mol. The number of esters is 1. The van der Waals surface area contributed by atoms with Crippen molar-refractivity contribution in [1.82, 2.24) is 4.31 Å². The first-order chi connectivity index (χ1) is 15.4. The molecule has 0 bridgehead atoms. The average molecular weight is 471 g/mol. The van der Waals surface area contributed by atoms with Crippen molar-refractivity contribution < 1.29 is 22.7 Å². The van der Waals surface area contributed by atoms with Gasteiger partial charge in [-0.25, -0.2) is 13.2 Å². The Bertz CT molecular complexity index is 1190. The van der Waals surface area contributed by atoms with Crippen molar-refractivity contribution in [2.75, 3.05) is 20.2 Å². The largest absolute Gasteiger partial charge is 0.497 e. The number of hydrogen-bond acceptors (Lipinski definition) is 6. The molecular weight excluding hydrogens is 440 g/mol. The summed E-state index contributed by atoms with van der Waals surface area (Å²) in [5.74, 6) is 0.0592. The van der Waals surface area contributed by atoms with E-state index < -0.39 is 21.6 Å². The zero-order valence-corrected chi connectivity index (χ0v) is 20.4. The van der Waals surface area contributed by atoms with Gasteiger partial charge in [-0.1, -0.05) is 35.9 Å². The molecule has 2 aromatic rings. The van der Waals surface area contributed by atoms with Crippen LogP contribution >= 0.6 is 0 Å². The molecule has 0 radical (unpaired) electrons. The second kappa shape index (κ2) is 9.41. The minimum atomic E-state index is -3.83. The number of rotatable bonds is 5. The van der Waals surface area contributed by atoms with E-state index in [0.717, 1.165) is 5.56 Å². The maximum absolute atomic E-state index is 13.3. The summed E-state index contributed by atoms with van der Waals surface area (Å²) in [5.41, 5.74) is 8.11. The number of benzene rings is 2. The van der Waals surface area contributed by atoms with Crippen LogP contribution in [0, 0.1) is 6.92 Å².